The zero-order valence-corrected chi connectivity index (χ0v) is 16.4. The maximum atomic E-state index is 12.2. The second kappa shape index (κ2) is 11.7. The molecule has 1 heterocycles. The van der Waals surface area contributed by atoms with Crippen LogP contribution in [0.2, 0.25) is 0 Å². The van der Waals surface area contributed by atoms with Crippen LogP contribution in [0.25, 0.3) is 0 Å². The summed E-state index contributed by atoms with van der Waals surface area (Å²) in [6.07, 6.45) is 7.47. The number of rotatable bonds is 10. The number of amides is 1. The Kier molecular flexibility index (Phi) is 9.28. The molecule has 1 unspecified atom stereocenters. The van der Waals surface area contributed by atoms with Crippen molar-refractivity contribution in [3.8, 4) is 0 Å². The fraction of sp³-hybridized carbons (Fsp3) is 0.619. The molecule has 6 nitrogen and oxygen atoms in total. The van der Waals surface area contributed by atoms with Crippen molar-refractivity contribution in [3.05, 3.63) is 29.3 Å². The SMILES string of the molecule is CCCCCCC(=O)Nc1cc(COC2CCCCO2)cc(C(=O)OC)c1. The van der Waals surface area contributed by atoms with Gasteiger partial charge in [-0.05, 0) is 49.4 Å². The first-order chi connectivity index (χ1) is 13.1. The van der Waals surface area contributed by atoms with Crippen molar-refractivity contribution in [2.45, 2.75) is 71.2 Å². The lowest BCUT2D eigenvalue weighted by atomic mass is 10.1. The summed E-state index contributed by atoms with van der Waals surface area (Å²) in [6.45, 7) is 3.17. The van der Waals surface area contributed by atoms with E-state index < -0.39 is 5.97 Å². The summed E-state index contributed by atoms with van der Waals surface area (Å²) < 4.78 is 16.2. The van der Waals surface area contributed by atoms with E-state index in [0.29, 0.717) is 30.9 Å². The summed E-state index contributed by atoms with van der Waals surface area (Å²) in [5.41, 5.74) is 1.78. The Morgan fingerprint density at radius 1 is 1.19 bits per heavy atom. The van der Waals surface area contributed by atoms with E-state index in [0.717, 1.165) is 50.5 Å². The highest BCUT2D eigenvalue weighted by atomic mass is 16.7. The van der Waals surface area contributed by atoms with Crippen molar-refractivity contribution in [1.82, 2.24) is 0 Å². The Balaban J connectivity index is 1.99. The molecule has 1 aliphatic rings. The third kappa shape index (κ3) is 7.69. The molecule has 1 N–H and O–H groups in total. The van der Waals surface area contributed by atoms with E-state index in [1.54, 1.807) is 12.1 Å². The molecule has 0 spiro atoms. The predicted octanol–water partition coefficient (Wildman–Crippen LogP) is 4.43. The number of ether oxygens (including phenoxy) is 3. The van der Waals surface area contributed by atoms with Gasteiger partial charge in [-0.3, -0.25) is 4.79 Å². The monoisotopic (exact) mass is 377 g/mol. The smallest absolute Gasteiger partial charge is 0.337 e. The zero-order valence-electron chi connectivity index (χ0n) is 16.4. The summed E-state index contributed by atoms with van der Waals surface area (Å²) in [4.78, 5) is 24.1. The number of anilines is 1. The van der Waals surface area contributed by atoms with Gasteiger partial charge < -0.3 is 19.5 Å². The highest BCUT2D eigenvalue weighted by Gasteiger charge is 2.16. The molecule has 150 valence electrons. The molecule has 1 aliphatic heterocycles. The van der Waals surface area contributed by atoms with Crippen molar-refractivity contribution in [2.75, 3.05) is 19.0 Å². The van der Waals surface area contributed by atoms with E-state index in [1.807, 2.05) is 6.07 Å². The number of hydrogen-bond acceptors (Lipinski definition) is 5. The normalized spacial score (nSPS) is 16.7. The average molecular weight is 377 g/mol. The Hall–Kier alpha value is -1.92. The summed E-state index contributed by atoms with van der Waals surface area (Å²) in [6, 6.07) is 5.20. The van der Waals surface area contributed by atoms with Crippen LogP contribution in [0.1, 0.15) is 74.2 Å². The molecule has 1 saturated heterocycles. The first-order valence-electron chi connectivity index (χ1n) is 9.87. The average Bonchev–Trinajstić information content (AvgIpc) is 2.69. The molecule has 1 fully saturated rings. The van der Waals surface area contributed by atoms with Gasteiger partial charge in [-0.2, -0.15) is 0 Å². The third-order valence-electron chi connectivity index (χ3n) is 4.53. The number of hydrogen-bond donors (Lipinski definition) is 1. The molecule has 0 aromatic heterocycles. The molecule has 2 rings (SSSR count). The van der Waals surface area contributed by atoms with Gasteiger partial charge in [0.25, 0.3) is 0 Å². The van der Waals surface area contributed by atoms with Gasteiger partial charge in [-0.1, -0.05) is 26.2 Å². The molecule has 0 radical (unpaired) electrons. The first kappa shape index (κ1) is 21.4. The maximum Gasteiger partial charge on any atom is 0.337 e. The molecule has 0 saturated carbocycles. The van der Waals surface area contributed by atoms with E-state index in [-0.39, 0.29) is 12.2 Å². The minimum Gasteiger partial charge on any atom is -0.465 e. The van der Waals surface area contributed by atoms with Crippen LogP contribution in [-0.4, -0.2) is 31.9 Å². The van der Waals surface area contributed by atoms with Crippen molar-refractivity contribution in [1.29, 1.82) is 0 Å². The predicted molar refractivity (Wildman–Crippen MR) is 104 cm³/mol. The third-order valence-corrected chi connectivity index (χ3v) is 4.53. The first-order valence-corrected chi connectivity index (χ1v) is 9.87. The van der Waals surface area contributed by atoms with Gasteiger partial charge in [-0.25, -0.2) is 4.79 Å². The van der Waals surface area contributed by atoms with Crippen molar-refractivity contribution >= 4 is 17.6 Å². The molecule has 1 aromatic rings. The fourth-order valence-electron chi connectivity index (χ4n) is 3.05. The molecule has 1 aromatic carbocycles. The largest absolute Gasteiger partial charge is 0.465 e. The van der Waals surface area contributed by atoms with E-state index >= 15 is 0 Å². The van der Waals surface area contributed by atoms with Gasteiger partial charge in [0, 0.05) is 18.7 Å². The van der Waals surface area contributed by atoms with E-state index in [4.69, 9.17) is 14.2 Å². The summed E-state index contributed by atoms with van der Waals surface area (Å²) >= 11 is 0. The second-order valence-electron chi connectivity index (χ2n) is 6.88. The molecular formula is C21H31NO5. The lowest BCUT2D eigenvalue weighted by Crippen LogP contribution is -2.22. The van der Waals surface area contributed by atoms with E-state index in [2.05, 4.69) is 12.2 Å². The van der Waals surface area contributed by atoms with Crippen molar-refractivity contribution in [2.24, 2.45) is 0 Å². The molecule has 0 aliphatic carbocycles. The van der Waals surface area contributed by atoms with Crippen LogP contribution < -0.4 is 5.32 Å². The summed E-state index contributed by atoms with van der Waals surface area (Å²) in [5.74, 6) is -0.486. The van der Waals surface area contributed by atoms with Crippen LogP contribution >= 0.6 is 0 Å². The minimum absolute atomic E-state index is 0.0457. The summed E-state index contributed by atoms with van der Waals surface area (Å²) in [7, 11) is 1.34. The van der Waals surface area contributed by atoms with Gasteiger partial charge in [0.2, 0.25) is 5.91 Å². The van der Waals surface area contributed by atoms with Crippen LogP contribution in [0.15, 0.2) is 18.2 Å². The number of unbranched alkanes of at least 4 members (excludes halogenated alkanes) is 3. The quantitative estimate of drug-likeness (QED) is 0.482. The number of benzene rings is 1. The van der Waals surface area contributed by atoms with Crippen molar-refractivity contribution < 1.29 is 23.8 Å². The Morgan fingerprint density at radius 3 is 2.74 bits per heavy atom. The molecule has 1 atom stereocenters. The topological polar surface area (TPSA) is 73.9 Å². The summed E-state index contributed by atoms with van der Waals surface area (Å²) in [5, 5.41) is 2.88. The standard InChI is InChI=1S/C21H31NO5/c1-3-4-5-6-9-19(23)22-18-13-16(12-17(14-18)21(24)25-2)15-27-20-10-7-8-11-26-20/h12-14,20H,3-11,15H2,1-2H3,(H,22,23). The Labute approximate surface area is 161 Å². The second-order valence-corrected chi connectivity index (χ2v) is 6.88. The van der Waals surface area contributed by atoms with Gasteiger partial charge in [0.1, 0.15) is 0 Å². The number of carbonyl (C=O) groups is 2. The van der Waals surface area contributed by atoms with Crippen LogP contribution in [-0.2, 0) is 25.6 Å². The Morgan fingerprint density at radius 2 is 2.04 bits per heavy atom. The lowest BCUT2D eigenvalue weighted by Gasteiger charge is -2.23. The fourth-order valence-corrected chi connectivity index (χ4v) is 3.05. The molecule has 27 heavy (non-hydrogen) atoms. The van der Waals surface area contributed by atoms with Crippen LogP contribution in [0.5, 0.6) is 0 Å². The van der Waals surface area contributed by atoms with Crippen LogP contribution in [0.4, 0.5) is 5.69 Å². The van der Waals surface area contributed by atoms with Gasteiger partial charge in [0.05, 0.1) is 19.3 Å². The van der Waals surface area contributed by atoms with E-state index in [9.17, 15) is 9.59 Å². The maximum absolute atomic E-state index is 12.2. The Bertz CT molecular complexity index is 611. The minimum atomic E-state index is -0.441. The van der Waals surface area contributed by atoms with Crippen molar-refractivity contribution in [3.63, 3.8) is 0 Å². The molecule has 1 amide bonds. The zero-order chi connectivity index (χ0) is 19.5. The van der Waals surface area contributed by atoms with Gasteiger partial charge in [0.15, 0.2) is 6.29 Å². The van der Waals surface area contributed by atoms with Crippen LogP contribution in [0.3, 0.4) is 0 Å². The molecule has 0 bridgehead atoms. The van der Waals surface area contributed by atoms with Gasteiger partial charge >= 0.3 is 5.97 Å². The van der Waals surface area contributed by atoms with Crippen LogP contribution in [0, 0.1) is 0 Å². The molecular weight excluding hydrogens is 346 g/mol. The number of methoxy groups -OCH3 is 1. The highest BCUT2D eigenvalue weighted by molar-refractivity contribution is 5.94. The molecule has 6 heteroatoms. The highest BCUT2D eigenvalue weighted by Crippen LogP contribution is 2.20. The number of esters is 1. The number of carbonyl (C=O) groups excluding carboxylic acids is 2. The van der Waals surface area contributed by atoms with Gasteiger partial charge in [-0.15, -0.1) is 0 Å². The lowest BCUT2D eigenvalue weighted by molar-refractivity contribution is -0.168. The number of nitrogens with one attached hydrogen (secondary N) is 1. The van der Waals surface area contributed by atoms with E-state index in [1.165, 1.54) is 7.11 Å².